The lowest BCUT2D eigenvalue weighted by molar-refractivity contribution is -0.146. The van der Waals surface area contributed by atoms with Gasteiger partial charge in [-0.2, -0.15) is 11.8 Å². The number of nitrogens with one attached hydrogen (secondary N) is 1. The SMILES string of the molecule is CCc1cc2c(C)cc(=O)oc2cc1O[C@@H](C)C(=O)N[C@H](CCSC)C(=O)OC. The van der Waals surface area contributed by atoms with E-state index in [1.807, 2.05) is 26.2 Å². The lowest BCUT2D eigenvalue weighted by Gasteiger charge is -2.21. The van der Waals surface area contributed by atoms with Crippen LogP contribution in [0.25, 0.3) is 11.0 Å². The minimum atomic E-state index is -0.851. The zero-order chi connectivity index (χ0) is 21.6. The smallest absolute Gasteiger partial charge is 0.336 e. The summed E-state index contributed by atoms with van der Waals surface area (Å²) in [4.78, 5) is 36.2. The Hall–Kier alpha value is -2.48. The maximum absolute atomic E-state index is 12.6. The van der Waals surface area contributed by atoms with E-state index in [9.17, 15) is 14.4 Å². The monoisotopic (exact) mass is 421 g/mol. The van der Waals surface area contributed by atoms with Crippen molar-refractivity contribution >= 4 is 34.6 Å². The van der Waals surface area contributed by atoms with Crippen LogP contribution in [0.4, 0.5) is 0 Å². The fourth-order valence-corrected chi connectivity index (χ4v) is 3.41. The molecular formula is C21H27NO6S. The zero-order valence-electron chi connectivity index (χ0n) is 17.4. The van der Waals surface area contributed by atoms with E-state index < -0.39 is 29.6 Å². The molecule has 1 amide bonds. The summed E-state index contributed by atoms with van der Waals surface area (Å²) < 4.78 is 15.9. The second-order valence-electron chi connectivity index (χ2n) is 6.68. The van der Waals surface area contributed by atoms with Crippen molar-refractivity contribution in [3.63, 3.8) is 0 Å². The Morgan fingerprint density at radius 1 is 1.28 bits per heavy atom. The lowest BCUT2D eigenvalue weighted by Crippen LogP contribution is -2.47. The van der Waals surface area contributed by atoms with E-state index in [1.54, 1.807) is 24.8 Å². The van der Waals surface area contributed by atoms with Gasteiger partial charge in [0.2, 0.25) is 0 Å². The number of ether oxygens (including phenoxy) is 2. The summed E-state index contributed by atoms with van der Waals surface area (Å²) in [6.07, 6.45) is 2.22. The number of methoxy groups -OCH3 is 1. The molecule has 1 N–H and O–H groups in total. The lowest BCUT2D eigenvalue weighted by atomic mass is 10.1. The van der Waals surface area contributed by atoms with Gasteiger partial charge in [0, 0.05) is 17.5 Å². The van der Waals surface area contributed by atoms with Crippen LogP contribution in [0.3, 0.4) is 0 Å². The number of esters is 1. The van der Waals surface area contributed by atoms with Crippen LogP contribution in [0.2, 0.25) is 0 Å². The summed E-state index contributed by atoms with van der Waals surface area (Å²) in [6, 6.07) is 4.26. The Balaban J connectivity index is 2.23. The molecule has 29 heavy (non-hydrogen) atoms. The van der Waals surface area contributed by atoms with E-state index in [2.05, 4.69) is 5.32 Å². The van der Waals surface area contributed by atoms with Crippen LogP contribution >= 0.6 is 11.8 Å². The van der Waals surface area contributed by atoms with E-state index in [4.69, 9.17) is 13.9 Å². The maximum Gasteiger partial charge on any atom is 0.336 e. The van der Waals surface area contributed by atoms with Gasteiger partial charge in [-0.1, -0.05) is 6.92 Å². The largest absolute Gasteiger partial charge is 0.480 e. The van der Waals surface area contributed by atoms with Crippen molar-refractivity contribution in [1.82, 2.24) is 5.32 Å². The molecule has 0 spiro atoms. The third-order valence-electron chi connectivity index (χ3n) is 4.60. The molecule has 0 fully saturated rings. The number of hydrogen-bond donors (Lipinski definition) is 1. The number of thioether (sulfide) groups is 1. The van der Waals surface area contributed by atoms with Gasteiger partial charge in [-0.05, 0) is 55.9 Å². The molecule has 0 aliphatic carbocycles. The molecule has 0 aliphatic heterocycles. The molecule has 8 heteroatoms. The average molecular weight is 422 g/mol. The predicted molar refractivity (Wildman–Crippen MR) is 114 cm³/mol. The zero-order valence-corrected chi connectivity index (χ0v) is 18.2. The van der Waals surface area contributed by atoms with Gasteiger partial charge >= 0.3 is 11.6 Å². The quantitative estimate of drug-likeness (QED) is 0.491. The van der Waals surface area contributed by atoms with E-state index >= 15 is 0 Å². The molecule has 1 heterocycles. The Bertz CT molecular complexity index is 939. The number of carbonyl (C=O) groups excluding carboxylic acids is 2. The van der Waals surface area contributed by atoms with Crippen LogP contribution in [0.1, 0.15) is 31.4 Å². The molecular weight excluding hydrogens is 394 g/mol. The number of fused-ring (bicyclic) bond motifs is 1. The minimum Gasteiger partial charge on any atom is -0.480 e. The molecule has 0 bridgehead atoms. The number of benzene rings is 1. The molecule has 1 aromatic carbocycles. The van der Waals surface area contributed by atoms with Crippen LogP contribution in [0, 0.1) is 6.92 Å². The highest BCUT2D eigenvalue weighted by Crippen LogP contribution is 2.28. The molecule has 7 nitrogen and oxygen atoms in total. The van der Waals surface area contributed by atoms with Gasteiger partial charge in [0.1, 0.15) is 17.4 Å². The highest BCUT2D eigenvalue weighted by Gasteiger charge is 2.25. The van der Waals surface area contributed by atoms with Gasteiger partial charge in [0.25, 0.3) is 5.91 Å². The Kier molecular flexibility index (Phi) is 8.13. The Labute approximate surface area is 174 Å². The van der Waals surface area contributed by atoms with E-state index in [0.717, 1.165) is 16.5 Å². The third kappa shape index (κ3) is 5.76. The second kappa shape index (κ2) is 10.3. The standard InChI is InChI=1S/C21H27NO6S/c1-6-14-10-15-12(2)9-19(23)28-18(15)11-17(14)27-13(3)20(24)22-16(7-8-29-5)21(25)26-4/h9-11,13,16H,6-8H2,1-5H3,(H,22,24)/t13-,16+/m0/s1. The first-order valence-corrected chi connectivity index (χ1v) is 10.8. The van der Waals surface area contributed by atoms with Crippen LogP contribution < -0.4 is 15.7 Å². The summed E-state index contributed by atoms with van der Waals surface area (Å²) >= 11 is 1.58. The fourth-order valence-electron chi connectivity index (χ4n) is 2.94. The highest BCUT2D eigenvalue weighted by molar-refractivity contribution is 7.98. The summed E-state index contributed by atoms with van der Waals surface area (Å²) in [5.41, 5.74) is 1.67. The maximum atomic E-state index is 12.6. The van der Waals surface area contributed by atoms with E-state index in [1.165, 1.54) is 13.2 Å². The molecule has 2 atom stereocenters. The molecule has 0 aliphatic rings. The van der Waals surface area contributed by atoms with Crippen molar-refractivity contribution in [3.8, 4) is 5.75 Å². The number of carbonyl (C=O) groups is 2. The third-order valence-corrected chi connectivity index (χ3v) is 5.24. The number of rotatable bonds is 9. The van der Waals surface area contributed by atoms with Crippen molar-refractivity contribution in [1.29, 1.82) is 0 Å². The van der Waals surface area contributed by atoms with Crippen molar-refractivity contribution in [2.24, 2.45) is 0 Å². The van der Waals surface area contributed by atoms with Gasteiger partial charge < -0.3 is 19.2 Å². The summed E-state index contributed by atoms with van der Waals surface area (Å²) in [6.45, 7) is 5.42. The highest BCUT2D eigenvalue weighted by atomic mass is 32.2. The first kappa shape index (κ1) is 22.8. The van der Waals surface area contributed by atoms with Crippen LogP contribution in [-0.2, 0) is 20.7 Å². The molecule has 0 unspecified atom stereocenters. The van der Waals surface area contributed by atoms with Gasteiger partial charge in [-0.15, -0.1) is 0 Å². The van der Waals surface area contributed by atoms with Gasteiger partial charge in [-0.3, -0.25) is 4.79 Å². The molecule has 2 aromatic rings. The molecule has 0 saturated heterocycles. The van der Waals surface area contributed by atoms with Gasteiger partial charge in [0.15, 0.2) is 6.10 Å². The molecule has 1 aromatic heterocycles. The molecule has 158 valence electrons. The van der Waals surface area contributed by atoms with E-state index in [0.29, 0.717) is 29.9 Å². The summed E-state index contributed by atoms with van der Waals surface area (Å²) in [5.74, 6) is 0.263. The fraction of sp³-hybridized carbons (Fsp3) is 0.476. The number of amides is 1. The van der Waals surface area contributed by atoms with Crippen LogP contribution in [0.15, 0.2) is 27.4 Å². The molecule has 0 saturated carbocycles. The molecule has 0 radical (unpaired) electrons. The summed E-state index contributed by atoms with van der Waals surface area (Å²) in [5, 5.41) is 3.52. The Morgan fingerprint density at radius 2 is 2.00 bits per heavy atom. The number of hydrogen-bond acceptors (Lipinski definition) is 7. The van der Waals surface area contributed by atoms with Crippen molar-refractivity contribution in [2.45, 2.75) is 45.8 Å². The second-order valence-corrected chi connectivity index (χ2v) is 7.67. The predicted octanol–water partition coefficient (Wildman–Crippen LogP) is 2.84. The first-order valence-electron chi connectivity index (χ1n) is 9.41. The minimum absolute atomic E-state index is 0.405. The Morgan fingerprint density at radius 3 is 2.62 bits per heavy atom. The first-order chi connectivity index (χ1) is 13.8. The van der Waals surface area contributed by atoms with Crippen molar-refractivity contribution in [3.05, 3.63) is 39.7 Å². The van der Waals surface area contributed by atoms with E-state index in [-0.39, 0.29) is 0 Å². The molecule has 2 rings (SSSR count). The topological polar surface area (TPSA) is 94.8 Å². The van der Waals surface area contributed by atoms with Crippen molar-refractivity contribution in [2.75, 3.05) is 19.1 Å². The summed E-state index contributed by atoms with van der Waals surface area (Å²) in [7, 11) is 1.29. The van der Waals surface area contributed by atoms with Crippen LogP contribution in [0.5, 0.6) is 5.75 Å². The van der Waals surface area contributed by atoms with Crippen LogP contribution in [-0.4, -0.2) is 43.1 Å². The average Bonchev–Trinajstić information content (AvgIpc) is 2.69. The van der Waals surface area contributed by atoms with Crippen molar-refractivity contribution < 1.29 is 23.5 Å². The van der Waals surface area contributed by atoms with Gasteiger partial charge in [-0.25, -0.2) is 9.59 Å². The normalized spacial score (nSPS) is 13.0. The van der Waals surface area contributed by atoms with Gasteiger partial charge in [0.05, 0.1) is 7.11 Å². The number of aryl methyl sites for hydroxylation is 2.